The zero-order valence-corrected chi connectivity index (χ0v) is 12.2. The maximum Gasteiger partial charge on any atom is 0.117 e. The zero-order valence-electron chi connectivity index (χ0n) is 10.7. The van der Waals surface area contributed by atoms with Crippen molar-refractivity contribution >= 4 is 22.9 Å². The number of rotatable bonds is 5. The fraction of sp³-hybridized carbons (Fsp3) is 0.133. The van der Waals surface area contributed by atoms with E-state index >= 15 is 0 Å². The molecule has 20 heavy (non-hydrogen) atoms. The lowest BCUT2D eigenvalue weighted by Gasteiger charge is -1.99. The van der Waals surface area contributed by atoms with Gasteiger partial charge in [-0.3, -0.25) is 0 Å². The van der Waals surface area contributed by atoms with Crippen molar-refractivity contribution in [2.45, 2.75) is 13.1 Å². The lowest BCUT2D eigenvalue weighted by molar-refractivity contribution is 0.483. The van der Waals surface area contributed by atoms with Crippen LogP contribution in [0.15, 0.2) is 53.3 Å². The maximum atomic E-state index is 5.89. The minimum absolute atomic E-state index is 0.711. The number of aromatic nitrogens is 1. The molecule has 1 aromatic carbocycles. The van der Waals surface area contributed by atoms with Gasteiger partial charge in [0, 0.05) is 17.8 Å². The third-order valence-electron chi connectivity index (χ3n) is 2.84. The first kappa shape index (κ1) is 13.4. The molecule has 3 rings (SSSR count). The Kier molecular flexibility index (Phi) is 4.16. The molecule has 0 aliphatic carbocycles. The second-order valence-corrected chi connectivity index (χ2v) is 5.86. The highest BCUT2D eigenvalue weighted by molar-refractivity contribution is 7.15. The Balaban J connectivity index is 1.60. The van der Waals surface area contributed by atoms with Gasteiger partial charge in [-0.1, -0.05) is 23.7 Å². The highest BCUT2D eigenvalue weighted by Gasteiger charge is 2.04. The van der Waals surface area contributed by atoms with Crippen LogP contribution in [0.25, 0.3) is 10.4 Å². The number of halogens is 1. The van der Waals surface area contributed by atoms with Crippen molar-refractivity contribution in [1.29, 1.82) is 0 Å². The van der Waals surface area contributed by atoms with E-state index < -0.39 is 0 Å². The first-order valence-corrected chi connectivity index (χ1v) is 7.44. The predicted octanol–water partition coefficient (Wildman–Crippen LogP) is 4.35. The van der Waals surface area contributed by atoms with Crippen molar-refractivity contribution in [2.24, 2.45) is 0 Å². The van der Waals surface area contributed by atoms with Crippen LogP contribution in [0.1, 0.15) is 10.8 Å². The van der Waals surface area contributed by atoms with Crippen molar-refractivity contribution in [3.05, 3.63) is 64.6 Å². The van der Waals surface area contributed by atoms with Crippen molar-refractivity contribution in [3.8, 4) is 10.4 Å². The molecule has 0 fully saturated rings. The summed E-state index contributed by atoms with van der Waals surface area (Å²) in [5, 5.41) is 5.12. The molecule has 3 aromatic rings. The summed E-state index contributed by atoms with van der Waals surface area (Å²) in [5.41, 5.74) is 1.14. The van der Waals surface area contributed by atoms with Crippen LogP contribution in [0.3, 0.4) is 0 Å². The fourth-order valence-electron chi connectivity index (χ4n) is 1.85. The molecule has 0 aliphatic rings. The number of hydrogen-bond donors (Lipinski definition) is 1. The minimum Gasteiger partial charge on any atom is -0.468 e. The molecular formula is C15H13ClN2OS. The molecule has 2 aromatic heterocycles. The topological polar surface area (TPSA) is 38.1 Å². The molecule has 0 aliphatic heterocycles. The molecule has 0 amide bonds. The number of furan rings is 1. The third-order valence-corrected chi connectivity index (χ3v) is 4.14. The number of hydrogen-bond acceptors (Lipinski definition) is 4. The van der Waals surface area contributed by atoms with Gasteiger partial charge in [0.2, 0.25) is 0 Å². The normalized spacial score (nSPS) is 10.8. The van der Waals surface area contributed by atoms with Gasteiger partial charge in [-0.05, 0) is 29.8 Å². The van der Waals surface area contributed by atoms with E-state index in [9.17, 15) is 0 Å². The molecule has 102 valence electrons. The Morgan fingerprint density at radius 1 is 1.15 bits per heavy atom. The summed E-state index contributed by atoms with van der Waals surface area (Å²) in [4.78, 5) is 5.58. The lowest BCUT2D eigenvalue weighted by atomic mass is 10.2. The van der Waals surface area contributed by atoms with E-state index in [0.717, 1.165) is 32.8 Å². The second kappa shape index (κ2) is 6.22. The van der Waals surface area contributed by atoms with Crippen molar-refractivity contribution in [3.63, 3.8) is 0 Å². The zero-order chi connectivity index (χ0) is 13.8. The summed E-state index contributed by atoms with van der Waals surface area (Å²) in [7, 11) is 0. The van der Waals surface area contributed by atoms with E-state index in [4.69, 9.17) is 16.0 Å². The van der Waals surface area contributed by atoms with Gasteiger partial charge in [-0.15, -0.1) is 11.3 Å². The Hall–Kier alpha value is -1.62. The largest absolute Gasteiger partial charge is 0.468 e. The monoisotopic (exact) mass is 304 g/mol. The highest BCUT2D eigenvalue weighted by Crippen LogP contribution is 2.27. The number of nitrogens with one attached hydrogen (secondary N) is 1. The van der Waals surface area contributed by atoms with Gasteiger partial charge in [-0.25, -0.2) is 4.98 Å². The van der Waals surface area contributed by atoms with Gasteiger partial charge in [0.15, 0.2) is 0 Å². The second-order valence-electron chi connectivity index (χ2n) is 4.31. The Morgan fingerprint density at radius 2 is 2.00 bits per heavy atom. The van der Waals surface area contributed by atoms with Gasteiger partial charge in [0.05, 0.1) is 17.7 Å². The van der Waals surface area contributed by atoms with Crippen LogP contribution in [-0.2, 0) is 13.1 Å². The van der Waals surface area contributed by atoms with Crippen LogP contribution in [0, 0.1) is 0 Å². The van der Waals surface area contributed by atoms with E-state index in [0.29, 0.717) is 6.54 Å². The summed E-state index contributed by atoms with van der Waals surface area (Å²) in [5.74, 6) is 0.930. The van der Waals surface area contributed by atoms with Crippen molar-refractivity contribution < 1.29 is 4.42 Å². The molecular weight excluding hydrogens is 292 g/mol. The van der Waals surface area contributed by atoms with Crippen molar-refractivity contribution in [1.82, 2.24) is 10.3 Å². The SMILES string of the molecule is Clc1ccc(-c2cnc(CNCc3ccco3)s2)cc1. The van der Waals surface area contributed by atoms with Gasteiger partial charge in [0.25, 0.3) is 0 Å². The maximum absolute atomic E-state index is 5.89. The molecule has 0 atom stereocenters. The van der Waals surface area contributed by atoms with E-state index in [1.54, 1.807) is 17.6 Å². The van der Waals surface area contributed by atoms with Crippen LogP contribution >= 0.6 is 22.9 Å². The molecule has 0 saturated heterocycles. The quantitative estimate of drug-likeness (QED) is 0.761. The summed E-state index contributed by atoms with van der Waals surface area (Å²) in [6.45, 7) is 1.45. The Labute approximate surface area is 126 Å². The van der Waals surface area contributed by atoms with Gasteiger partial charge < -0.3 is 9.73 Å². The third kappa shape index (κ3) is 3.28. The Bertz CT molecular complexity index is 662. The molecule has 0 bridgehead atoms. The average molecular weight is 305 g/mol. The number of thiazole rings is 1. The lowest BCUT2D eigenvalue weighted by Crippen LogP contribution is -2.11. The van der Waals surface area contributed by atoms with Crippen LogP contribution in [0.2, 0.25) is 5.02 Å². The molecule has 5 heteroatoms. The summed E-state index contributed by atoms with van der Waals surface area (Å²) >= 11 is 7.57. The smallest absolute Gasteiger partial charge is 0.117 e. The van der Waals surface area contributed by atoms with Gasteiger partial charge >= 0.3 is 0 Å². The number of nitrogens with zero attached hydrogens (tertiary/aromatic N) is 1. The van der Waals surface area contributed by atoms with Gasteiger partial charge in [-0.2, -0.15) is 0 Å². The van der Waals surface area contributed by atoms with Crippen molar-refractivity contribution in [2.75, 3.05) is 0 Å². The molecule has 0 spiro atoms. The van der Waals surface area contributed by atoms with Crippen LogP contribution in [0.4, 0.5) is 0 Å². The van der Waals surface area contributed by atoms with E-state index in [-0.39, 0.29) is 0 Å². The van der Waals surface area contributed by atoms with Crippen LogP contribution in [0.5, 0.6) is 0 Å². The summed E-state index contributed by atoms with van der Waals surface area (Å²) < 4.78 is 5.27. The minimum atomic E-state index is 0.711. The standard InChI is InChI=1S/C15H13ClN2OS/c16-12-5-3-11(4-6-12)14-9-18-15(20-14)10-17-8-13-2-1-7-19-13/h1-7,9,17H,8,10H2. The molecule has 0 saturated carbocycles. The summed E-state index contributed by atoms with van der Waals surface area (Å²) in [6.07, 6.45) is 3.58. The van der Waals surface area contributed by atoms with E-state index in [1.807, 2.05) is 42.6 Å². The molecule has 3 nitrogen and oxygen atoms in total. The van der Waals surface area contributed by atoms with E-state index in [1.165, 1.54) is 0 Å². The number of benzene rings is 1. The van der Waals surface area contributed by atoms with Crippen LogP contribution < -0.4 is 5.32 Å². The highest BCUT2D eigenvalue weighted by atomic mass is 35.5. The summed E-state index contributed by atoms with van der Waals surface area (Å²) in [6, 6.07) is 11.6. The van der Waals surface area contributed by atoms with Gasteiger partial charge in [0.1, 0.15) is 10.8 Å². The fourth-order valence-corrected chi connectivity index (χ4v) is 2.86. The predicted molar refractivity (Wildman–Crippen MR) is 81.8 cm³/mol. The Morgan fingerprint density at radius 3 is 2.75 bits per heavy atom. The molecule has 1 N–H and O–H groups in total. The van der Waals surface area contributed by atoms with Crippen LogP contribution in [-0.4, -0.2) is 4.98 Å². The molecule has 0 radical (unpaired) electrons. The first-order chi connectivity index (χ1) is 9.81. The molecule has 2 heterocycles. The molecule has 0 unspecified atom stereocenters. The first-order valence-electron chi connectivity index (χ1n) is 6.25. The average Bonchev–Trinajstić information content (AvgIpc) is 3.11. The van der Waals surface area contributed by atoms with E-state index in [2.05, 4.69) is 10.3 Å².